The normalized spacial score (nSPS) is 17.5. The molecule has 4 heteroatoms. The van der Waals surface area contributed by atoms with E-state index in [1.165, 1.54) is 18.9 Å². The van der Waals surface area contributed by atoms with E-state index in [-0.39, 0.29) is 17.2 Å². The van der Waals surface area contributed by atoms with Crippen LogP contribution in [0.15, 0.2) is 18.2 Å². The zero-order chi connectivity index (χ0) is 15.5. The van der Waals surface area contributed by atoms with Gasteiger partial charge in [-0.3, -0.25) is 9.69 Å². The van der Waals surface area contributed by atoms with Crippen molar-refractivity contribution in [3.8, 4) is 0 Å². The molecule has 1 aliphatic rings. The Morgan fingerprint density at radius 2 is 1.86 bits per heavy atom. The van der Waals surface area contributed by atoms with E-state index < -0.39 is 11.4 Å². The number of ketones is 1. The molecule has 1 aliphatic heterocycles. The molecule has 1 heterocycles. The molecule has 1 aromatic rings. The van der Waals surface area contributed by atoms with Crippen LogP contribution in [0.3, 0.4) is 0 Å². The second-order valence-corrected chi connectivity index (χ2v) is 6.65. The monoisotopic (exact) mass is 311 g/mol. The molecule has 0 radical (unpaired) electrons. The van der Waals surface area contributed by atoms with E-state index >= 15 is 0 Å². The van der Waals surface area contributed by atoms with Crippen molar-refractivity contribution in [2.24, 2.45) is 0 Å². The summed E-state index contributed by atoms with van der Waals surface area (Å²) in [4.78, 5) is 14.9. The van der Waals surface area contributed by atoms with Gasteiger partial charge in [0.05, 0.1) is 10.6 Å². The molecule has 21 heavy (non-hydrogen) atoms. The highest BCUT2D eigenvalue weighted by molar-refractivity contribution is 6.31. The second-order valence-electron chi connectivity index (χ2n) is 6.27. The van der Waals surface area contributed by atoms with Crippen LogP contribution in [0.5, 0.6) is 0 Å². The van der Waals surface area contributed by atoms with Gasteiger partial charge in [0.15, 0.2) is 5.78 Å². The van der Waals surface area contributed by atoms with Crippen LogP contribution in [0.2, 0.25) is 5.02 Å². The lowest BCUT2D eigenvalue weighted by molar-refractivity contribution is -0.128. The van der Waals surface area contributed by atoms with Crippen LogP contribution in [-0.2, 0) is 11.2 Å². The van der Waals surface area contributed by atoms with Gasteiger partial charge >= 0.3 is 0 Å². The van der Waals surface area contributed by atoms with E-state index in [1.807, 2.05) is 13.8 Å². The van der Waals surface area contributed by atoms with E-state index in [0.29, 0.717) is 5.56 Å². The maximum atomic E-state index is 13.5. The van der Waals surface area contributed by atoms with Gasteiger partial charge < -0.3 is 0 Å². The van der Waals surface area contributed by atoms with Crippen molar-refractivity contribution in [1.82, 2.24) is 4.90 Å². The Kier molecular flexibility index (Phi) is 5.39. The van der Waals surface area contributed by atoms with Crippen LogP contribution < -0.4 is 0 Å². The van der Waals surface area contributed by atoms with Crippen LogP contribution in [-0.4, -0.2) is 29.3 Å². The molecule has 0 bridgehead atoms. The van der Waals surface area contributed by atoms with Crippen molar-refractivity contribution in [3.63, 3.8) is 0 Å². The third-order valence-corrected chi connectivity index (χ3v) is 4.88. The van der Waals surface area contributed by atoms with Gasteiger partial charge in [0.25, 0.3) is 0 Å². The molecule has 1 fully saturated rings. The summed E-state index contributed by atoms with van der Waals surface area (Å²) in [7, 11) is 0. The molecule has 0 unspecified atom stereocenters. The van der Waals surface area contributed by atoms with Gasteiger partial charge in [0, 0.05) is 6.42 Å². The fourth-order valence-corrected chi connectivity index (χ4v) is 3.07. The number of nitrogens with zero attached hydrogens (tertiary/aromatic N) is 1. The number of rotatable bonds is 4. The van der Waals surface area contributed by atoms with Crippen molar-refractivity contribution >= 4 is 17.4 Å². The Balaban J connectivity index is 2.12. The maximum absolute atomic E-state index is 13.5. The first-order chi connectivity index (χ1) is 9.93. The summed E-state index contributed by atoms with van der Waals surface area (Å²) in [6.45, 7) is 5.84. The third-order valence-electron chi connectivity index (χ3n) is 4.46. The lowest BCUT2D eigenvalue weighted by Crippen LogP contribution is -2.51. The van der Waals surface area contributed by atoms with Crippen molar-refractivity contribution in [2.75, 3.05) is 13.1 Å². The molecule has 1 saturated heterocycles. The molecule has 0 aromatic heterocycles. The summed E-state index contributed by atoms with van der Waals surface area (Å²) in [5.41, 5.74) is 0.0459. The van der Waals surface area contributed by atoms with Gasteiger partial charge in [0.1, 0.15) is 5.82 Å². The summed E-state index contributed by atoms with van der Waals surface area (Å²) >= 11 is 5.96. The highest BCUT2D eigenvalue weighted by Gasteiger charge is 2.34. The first kappa shape index (κ1) is 16.4. The number of hydrogen-bond donors (Lipinski definition) is 0. The molecule has 0 aliphatic carbocycles. The molecule has 2 rings (SSSR count). The van der Waals surface area contributed by atoms with E-state index in [9.17, 15) is 9.18 Å². The van der Waals surface area contributed by atoms with Crippen molar-refractivity contribution < 1.29 is 9.18 Å². The zero-order valence-electron chi connectivity index (χ0n) is 12.8. The highest BCUT2D eigenvalue weighted by atomic mass is 35.5. The van der Waals surface area contributed by atoms with Gasteiger partial charge in [-0.25, -0.2) is 4.39 Å². The summed E-state index contributed by atoms with van der Waals surface area (Å²) in [6.07, 6.45) is 4.92. The largest absolute Gasteiger partial charge is 0.297 e. The molecule has 0 atom stereocenters. The second kappa shape index (κ2) is 6.89. The van der Waals surface area contributed by atoms with E-state index in [0.717, 1.165) is 25.9 Å². The predicted molar refractivity (Wildman–Crippen MR) is 84.2 cm³/mol. The Morgan fingerprint density at radius 1 is 1.24 bits per heavy atom. The van der Waals surface area contributed by atoms with E-state index in [1.54, 1.807) is 12.1 Å². The fourth-order valence-electron chi connectivity index (χ4n) is 2.88. The maximum Gasteiger partial charge on any atom is 0.156 e. The molecular formula is C17H23ClFNO. The Labute approximate surface area is 131 Å². The molecule has 116 valence electrons. The highest BCUT2D eigenvalue weighted by Crippen LogP contribution is 2.25. The fraction of sp³-hybridized carbons (Fsp3) is 0.588. The SMILES string of the molecule is CC(C)(C(=O)Cc1cccc(F)c1Cl)N1CCCCCC1. The van der Waals surface area contributed by atoms with Crippen LogP contribution in [0.4, 0.5) is 4.39 Å². The average molecular weight is 312 g/mol. The first-order valence-electron chi connectivity index (χ1n) is 7.64. The minimum absolute atomic E-state index is 0.0671. The number of carbonyl (C=O) groups excluding carboxylic acids is 1. The first-order valence-corrected chi connectivity index (χ1v) is 8.02. The van der Waals surface area contributed by atoms with Crippen molar-refractivity contribution in [3.05, 3.63) is 34.6 Å². The molecular weight excluding hydrogens is 289 g/mol. The standard InChI is InChI=1S/C17H23ClFNO/c1-17(2,20-10-5-3-4-6-11-20)15(21)12-13-8-7-9-14(19)16(13)18/h7-9H,3-6,10-12H2,1-2H3. The smallest absolute Gasteiger partial charge is 0.156 e. The lowest BCUT2D eigenvalue weighted by Gasteiger charge is -2.36. The van der Waals surface area contributed by atoms with E-state index in [2.05, 4.69) is 4.90 Å². The van der Waals surface area contributed by atoms with Gasteiger partial charge in [0.2, 0.25) is 0 Å². The number of carbonyl (C=O) groups is 1. The van der Waals surface area contributed by atoms with Crippen LogP contribution in [0.25, 0.3) is 0 Å². The van der Waals surface area contributed by atoms with Crippen LogP contribution >= 0.6 is 11.6 Å². The van der Waals surface area contributed by atoms with Gasteiger partial charge in [-0.2, -0.15) is 0 Å². The zero-order valence-corrected chi connectivity index (χ0v) is 13.5. The number of likely N-dealkylation sites (tertiary alicyclic amines) is 1. The number of hydrogen-bond acceptors (Lipinski definition) is 2. The minimum atomic E-state index is -0.528. The minimum Gasteiger partial charge on any atom is -0.297 e. The predicted octanol–water partition coefficient (Wildman–Crippen LogP) is 4.25. The van der Waals surface area contributed by atoms with Gasteiger partial charge in [-0.15, -0.1) is 0 Å². The molecule has 0 spiro atoms. The summed E-state index contributed by atoms with van der Waals surface area (Å²) in [6, 6.07) is 4.64. The Morgan fingerprint density at radius 3 is 2.48 bits per heavy atom. The Hall–Kier alpha value is -0.930. The van der Waals surface area contributed by atoms with Crippen LogP contribution in [0.1, 0.15) is 45.1 Å². The summed E-state index contributed by atoms with van der Waals surface area (Å²) < 4.78 is 13.5. The topological polar surface area (TPSA) is 20.3 Å². The lowest BCUT2D eigenvalue weighted by atomic mass is 9.91. The molecule has 2 nitrogen and oxygen atoms in total. The molecule has 1 aromatic carbocycles. The van der Waals surface area contributed by atoms with Crippen LogP contribution in [0, 0.1) is 5.82 Å². The van der Waals surface area contributed by atoms with E-state index in [4.69, 9.17) is 11.6 Å². The van der Waals surface area contributed by atoms with Gasteiger partial charge in [-0.05, 0) is 51.4 Å². The number of Topliss-reactive ketones (excluding diaryl/α,β-unsaturated/α-hetero) is 1. The molecule has 0 N–H and O–H groups in total. The number of halogens is 2. The average Bonchev–Trinajstić information content (AvgIpc) is 2.73. The molecule has 0 saturated carbocycles. The van der Waals surface area contributed by atoms with Crippen molar-refractivity contribution in [1.29, 1.82) is 0 Å². The van der Waals surface area contributed by atoms with Gasteiger partial charge in [-0.1, -0.05) is 36.6 Å². The van der Waals surface area contributed by atoms with Crippen molar-refractivity contribution in [2.45, 2.75) is 51.5 Å². The summed E-state index contributed by atoms with van der Waals surface area (Å²) in [5, 5.41) is 0.0671. The number of benzene rings is 1. The Bertz CT molecular complexity index is 508. The quantitative estimate of drug-likeness (QED) is 0.828. The third kappa shape index (κ3) is 3.83. The summed E-state index contributed by atoms with van der Waals surface area (Å²) in [5.74, 6) is -0.369. The molecule has 0 amide bonds.